The van der Waals surface area contributed by atoms with Crippen LogP contribution in [-0.4, -0.2) is 16.8 Å². The number of aromatic nitrogens is 1. The normalized spacial score (nSPS) is 14.3. The van der Waals surface area contributed by atoms with Crippen LogP contribution in [0.5, 0.6) is 0 Å². The van der Waals surface area contributed by atoms with Gasteiger partial charge >= 0.3 is 0 Å². The fraction of sp³-hybridized carbons (Fsp3) is 0.292. The van der Waals surface area contributed by atoms with Crippen LogP contribution in [0.1, 0.15) is 48.2 Å². The van der Waals surface area contributed by atoms with Crippen LogP contribution in [0.25, 0.3) is 10.6 Å². The van der Waals surface area contributed by atoms with Gasteiger partial charge in [0.15, 0.2) is 0 Å². The SMILES string of the molecule is Cc1csc(-c2ccc(C(=O)Nc3ccc(F)c(NC(=O)C4CCCCC4)c3)cc2)n1. The molecule has 1 aliphatic rings. The van der Waals surface area contributed by atoms with Gasteiger partial charge in [-0.1, -0.05) is 31.4 Å². The molecule has 1 fully saturated rings. The first kappa shape index (κ1) is 21.2. The van der Waals surface area contributed by atoms with Gasteiger partial charge in [0, 0.05) is 33.8 Å². The number of benzene rings is 2. The molecule has 1 aromatic heterocycles. The van der Waals surface area contributed by atoms with Crippen molar-refractivity contribution in [3.05, 3.63) is 64.9 Å². The summed E-state index contributed by atoms with van der Waals surface area (Å²) < 4.78 is 14.2. The third-order valence-electron chi connectivity index (χ3n) is 5.47. The summed E-state index contributed by atoms with van der Waals surface area (Å²) in [5.41, 5.74) is 2.90. The molecule has 1 aliphatic carbocycles. The Morgan fingerprint density at radius 1 is 1.03 bits per heavy atom. The number of carbonyl (C=O) groups is 2. The van der Waals surface area contributed by atoms with Crippen molar-refractivity contribution in [1.82, 2.24) is 4.98 Å². The van der Waals surface area contributed by atoms with Gasteiger partial charge in [0.05, 0.1) is 5.69 Å². The predicted octanol–water partition coefficient (Wildman–Crippen LogP) is 6.03. The minimum absolute atomic E-state index is 0.0773. The van der Waals surface area contributed by atoms with Gasteiger partial charge in [-0.15, -0.1) is 11.3 Å². The summed E-state index contributed by atoms with van der Waals surface area (Å²) in [5, 5.41) is 8.35. The number of thiazole rings is 1. The van der Waals surface area contributed by atoms with Crippen molar-refractivity contribution in [3.63, 3.8) is 0 Å². The van der Waals surface area contributed by atoms with Crippen LogP contribution in [0.4, 0.5) is 15.8 Å². The number of hydrogen-bond acceptors (Lipinski definition) is 4. The van der Waals surface area contributed by atoms with E-state index in [-0.39, 0.29) is 23.4 Å². The van der Waals surface area contributed by atoms with Gasteiger partial charge in [0.25, 0.3) is 5.91 Å². The third kappa shape index (κ3) is 5.17. The monoisotopic (exact) mass is 437 g/mol. The van der Waals surface area contributed by atoms with Crippen molar-refractivity contribution in [2.24, 2.45) is 5.92 Å². The lowest BCUT2D eigenvalue weighted by Gasteiger charge is -2.21. The predicted molar refractivity (Wildman–Crippen MR) is 122 cm³/mol. The summed E-state index contributed by atoms with van der Waals surface area (Å²) in [7, 11) is 0. The number of nitrogens with one attached hydrogen (secondary N) is 2. The van der Waals surface area contributed by atoms with E-state index in [1.807, 2.05) is 24.4 Å². The molecule has 0 unspecified atom stereocenters. The van der Waals surface area contributed by atoms with Gasteiger partial charge in [-0.2, -0.15) is 0 Å². The molecule has 3 aromatic rings. The van der Waals surface area contributed by atoms with Crippen LogP contribution >= 0.6 is 11.3 Å². The van der Waals surface area contributed by atoms with E-state index >= 15 is 0 Å². The van der Waals surface area contributed by atoms with E-state index in [1.54, 1.807) is 23.5 Å². The van der Waals surface area contributed by atoms with Crippen molar-refractivity contribution < 1.29 is 14.0 Å². The number of aryl methyl sites for hydroxylation is 1. The molecule has 0 saturated heterocycles. The maximum atomic E-state index is 14.2. The highest BCUT2D eigenvalue weighted by Crippen LogP contribution is 2.27. The Labute approximate surface area is 184 Å². The second-order valence-electron chi connectivity index (χ2n) is 7.84. The summed E-state index contributed by atoms with van der Waals surface area (Å²) >= 11 is 1.56. The largest absolute Gasteiger partial charge is 0.323 e. The second kappa shape index (κ2) is 9.39. The smallest absolute Gasteiger partial charge is 0.255 e. The maximum Gasteiger partial charge on any atom is 0.255 e. The zero-order valence-electron chi connectivity index (χ0n) is 17.3. The van der Waals surface area contributed by atoms with Crippen LogP contribution in [0.15, 0.2) is 47.8 Å². The molecule has 1 saturated carbocycles. The first-order valence-corrected chi connectivity index (χ1v) is 11.3. The molecular formula is C24H24FN3O2S. The van der Waals surface area contributed by atoms with Gasteiger partial charge in [0.1, 0.15) is 10.8 Å². The van der Waals surface area contributed by atoms with Gasteiger partial charge in [-0.3, -0.25) is 9.59 Å². The summed E-state index contributed by atoms with van der Waals surface area (Å²) in [4.78, 5) is 29.5. The van der Waals surface area contributed by atoms with Crippen molar-refractivity contribution in [1.29, 1.82) is 0 Å². The van der Waals surface area contributed by atoms with E-state index in [1.165, 1.54) is 18.2 Å². The van der Waals surface area contributed by atoms with Crippen LogP contribution in [0.3, 0.4) is 0 Å². The Morgan fingerprint density at radius 2 is 1.77 bits per heavy atom. The topological polar surface area (TPSA) is 71.1 Å². The van der Waals surface area contributed by atoms with Gasteiger partial charge in [0.2, 0.25) is 5.91 Å². The minimum Gasteiger partial charge on any atom is -0.323 e. The summed E-state index contributed by atoms with van der Waals surface area (Å²) in [5.74, 6) is -1.06. The van der Waals surface area contributed by atoms with E-state index in [0.717, 1.165) is 48.4 Å². The Kier molecular flexibility index (Phi) is 6.42. The van der Waals surface area contributed by atoms with E-state index in [2.05, 4.69) is 15.6 Å². The van der Waals surface area contributed by atoms with Crippen molar-refractivity contribution in [3.8, 4) is 10.6 Å². The fourth-order valence-electron chi connectivity index (χ4n) is 3.75. The minimum atomic E-state index is -0.523. The van der Waals surface area contributed by atoms with Crippen LogP contribution in [0, 0.1) is 18.7 Å². The van der Waals surface area contributed by atoms with Gasteiger partial charge in [-0.25, -0.2) is 9.37 Å². The molecule has 31 heavy (non-hydrogen) atoms. The number of hydrogen-bond donors (Lipinski definition) is 2. The van der Waals surface area contributed by atoms with Crippen molar-refractivity contribution in [2.75, 3.05) is 10.6 Å². The number of anilines is 2. The fourth-order valence-corrected chi connectivity index (χ4v) is 4.56. The first-order valence-electron chi connectivity index (χ1n) is 10.4. The molecule has 0 bridgehead atoms. The average Bonchev–Trinajstić information content (AvgIpc) is 3.23. The molecule has 0 radical (unpaired) electrons. The Hall–Kier alpha value is -3.06. The highest BCUT2D eigenvalue weighted by molar-refractivity contribution is 7.13. The maximum absolute atomic E-state index is 14.2. The van der Waals surface area contributed by atoms with Crippen molar-refractivity contribution in [2.45, 2.75) is 39.0 Å². The lowest BCUT2D eigenvalue weighted by Crippen LogP contribution is -2.25. The number of amides is 2. The Morgan fingerprint density at radius 3 is 2.45 bits per heavy atom. The summed E-state index contributed by atoms with van der Waals surface area (Å²) in [6.07, 6.45) is 4.86. The molecular weight excluding hydrogens is 413 g/mol. The van der Waals surface area contributed by atoms with Crippen LogP contribution in [0.2, 0.25) is 0 Å². The standard InChI is InChI=1S/C24H24FN3O2S/c1-15-14-31-24(26-15)18-9-7-17(8-10-18)22(29)27-19-11-12-20(25)21(13-19)28-23(30)16-5-3-2-4-6-16/h7-14,16H,2-6H2,1H3,(H,27,29)(H,28,30). The summed E-state index contributed by atoms with van der Waals surface area (Å²) in [6.45, 7) is 1.94. The van der Waals surface area contributed by atoms with Gasteiger partial charge in [-0.05, 0) is 50.1 Å². The van der Waals surface area contributed by atoms with Crippen LogP contribution in [-0.2, 0) is 4.79 Å². The lowest BCUT2D eigenvalue weighted by molar-refractivity contribution is -0.120. The molecule has 7 heteroatoms. The number of rotatable bonds is 5. The molecule has 0 spiro atoms. The second-order valence-corrected chi connectivity index (χ2v) is 8.70. The number of carbonyl (C=O) groups excluding carboxylic acids is 2. The molecule has 5 nitrogen and oxygen atoms in total. The molecule has 2 N–H and O–H groups in total. The molecule has 0 atom stereocenters. The lowest BCUT2D eigenvalue weighted by atomic mass is 9.88. The Bertz CT molecular complexity index is 1090. The van der Waals surface area contributed by atoms with E-state index in [9.17, 15) is 14.0 Å². The van der Waals surface area contributed by atoms with E-state index in [4.69, 9.17) is 0 Å². The van der Waals surface area contributed by atoms with E-state index < -0.39 is 5.82 Å². The number of nitrogens with zero attached hydrogens (tertiary/aromatic N) is 1. The zero-order valence-corrected chi connectivity index (χ0v) is 18.1. The highest BCUT2D eigenvalue weighted by Gasteiger charge is 2.22. The molecule has 2 amide bonds. The quantitative estimate of drug-likeness (QED) is 0.512. The summed E-state index contributed by atoms with van der Waals surface area (Å²) in [6, 6.07) is 11.4. The van der Waals surface area contributed by atoms with Crippen LogP contribution < -0.4 is 10.6 Å². The van der Waals surface area contributed by atoms with E-state index in [0.29, 0.717) is 11.3 Å². The highest BCUT2D eigenvalue weighted by atomic mass is 32.1. The third-order valence-corrected chi connectivity index (χ3v) is 6.48. The Balaban J connectivity index is 1.43. The molecule has 0 aliphatic heterocycles. The first-order chi connectivity index (χ1) is 15.0. The molecule has 1 heterocycles. The van der Waals surface area contributed by atoms with Gasteiger partial charge < -0.3 is 10.6 Å². The molecule has 2 aromatic carbocycles. The zero-order chi connectivity index (χ0) is 21.8. The average molecular weight is 438 g/mol. The molecule has 160 valence electrons. The number of halogens is 1. The van der Waals surface area contributed by atoms with Crippen molar-refractivity contribution >= 4 is 34.5 Å². The molecule has 4 rings (SSSR count).